The summed E-state index contributed by atoms with van der Waals surface area (Å²) < 4.78 is 5.61. The normalized spacial score (nSPS) is 13.8. The summed E-state index contributed by atoms with van der Waals surface area (Å²) >= 11 is 0. The fourth-order valence-corrected chi connectivity index (χ4v) is 2.19. The van der Waals surface area contributed by atoms with Gasteiger partial charge in [0.25, 0.3) is 0 Å². The minimum Gasteiger partial charge on any atom is -0.493 e. The molecule has 92 valence electrons. The maximum absolute atomic E-state index is 5.61. The van der Waals surface area contributed by atoms with Crippen LogP contribution < -0.4 is 10.5 Å². The third-order valence-corrected chi connectivity index (χ3v) is 3.14. The molecule has 18 heavy (non-hydrogen) atoms. The summed E-state index contributed by atoms with van der Waals surface area (Å²) in [5, 5.41) is 0. The van der Waals surface area contributed by atoms with E-state index in [2.05, 4.69) is 16.0 Å². The van der Waals surface area contributed by atoms with E-state index in [-0.39, 0.29) is 0 Å². The van der Waals surface area contributed by atoms with Crippen molar-refractivity contribution >= 4 is 0 Å². The highest BCUT2D eigenvalue weighted by atomic mass is 16.5. The molecule has 2 aromatic rings. The van der Waals surface area contributed by atoms with Crippen LogP contribution in [-0.2, 0) is 13.0 Å². The maximum Gasteiger partial charge on any atom is 0.122 e. The third kappa shape index (κ3) is 2.07. The van der Waals surface area contributed by atoms with Crippen molar-refractivity contribution in [3.05, 3.63) is 41.9 Å². The number of hydrogen-bond donors (Lipinski definition) is 1. The van der Waals surface area contributed by atoms with Crippen molar-refractivity contribution in [3.8, 4) is 17.0 Å². The van der Waals surface area contributed by atoms with Gasteiger partial charge in [-0.15, -0.1) is 0 Å². The number of aryl methyl sites for hydroxylation is 1. The minimum absolute atomic E-state index is 0.434. The smallest absolute Gasteiger partial charge is 0.122 e. The van der Waals surface area contributed by atoms with E-state index in [4.69, 9.17) is 10.5 Å². The van der Waals surface area contributed by atoms with Crippen molar-refractivity contribution in [1.29, 1.82) is 0 Å². The molecule has 3 rings (SSSR count). The number of nitrogens with two attached hydrogens (primary N) is 1. The Morgan fingerprint density at radius 3 is 3.06 bits per heavy atom. The van der Waals surface area contributed by atoms with E-state index < -0.39 is 0 Å². The first-order valence-corrected chi connectivity index (χ1v) is 6.14. The number of hydrogen-bond acceptors (Lipinski definition) is 4. The maximum atomic E-state index is 5.61. The van der Waals surface area contributed by atoms with Gasteiger partial charge >= 0.3 is 0 Å². The first-order chi connectivity index (χ1) is 8.86. The van der Waals surface area contributed by atoms with Gasteiger partial charge in [-0.2, -0.15) is 0 Å². The van der Waals surface area contributed by atoms with Crippen LogP contribution in [0.2, 0.25) is 0 Å². The Morgan fingerprint density at radius 1 is 1.22 bits per heavy atom. The largest absolute Gasteiger partial charge is 0.493 e. The SMILES string of the molecule is NCc1cc(-c2ccc3c(c2)CCCO3)ncn1. The van der Waals surface area contributed by atoms with Gasteiger partial charge in [0.15, 0.2) is 0 Å². The van der Waals surface area contributed by atoms with Crippen molar-refractivity contribution < 1.29 is 4.74 Å². The van der Waals surface area contributed by atoms with Gasteiger partial charge in [0.05, 0.1) is 18.0 Å². The van der Waals surface area contributed by atoms with E-state index in [0.717, 1.165) is 42.1 Å². The van der Waals surface area contributed by atoms with Gasteiger partial charge in [-0.05, 0) is 42.7 Å². The molecule has 1 aliphatic heterocycles. The number of fused-ring (bicyclic) bond motifs is 1. The quantitative estimate of drug-likeness (QED) is 0.872. The Balaban J connectivity index is 2.00. The molecule has 2 N–H and O–H groups in total. The molecule has 4 heteroatoms. The molecule has 0 saturated carbocycles. The van der Waals surface area contributed by atoms with Crippen LogP contribution in [0, 0.1) is 0 Å². The zero-order chi connectivity index (χ0) is 12.4. The fraction of sp³-hybridized carbons (Fsp3) is 0.286. The summed E-state index contributed by atoms with van der Waals surface area (Å²) in [4.78, 5) is 8.41. The van der Waals surface area contributed by atoms with E-state index in [0.29, 0.717) is 6.54 Å². The molecule has 0 fully saturated rings. The predicted molar refractivity (Wildman–Crippen MR) is 69.2 cm³/mol. The van der Waals surface area contributed by atoms with Gasteiger partial charge in [-0.25, -0.2) is 9.97 Å². The molecule has 0 unspecified atom stereocenters. The molecular formula is C14H15N3O. The van der Waals surface area contributed by atoms with E-state index in [1.54, 1.807) is 6.33 Å². The van der Waals surface area contributed by atoms with Gasteiger partial charge in [-0.1, -0.05) is 0 Å². The summed E-state index contributed by atoms with van der Waals surface area (Å²) in [7, 11) is 0. The molecule has 0 bridgehead atoms. The second-order valence-electron chi connectivity index (χ2n) is 4.37. The zero-order valence-corrected chi connectivity index (χ0v) is 10.1. The second kappa shape index (κ2) is 4.74. The minimum atomic E-state index is 0.434. The standard InChI is InChI=1S/C14H15N3O/c15-8-12-7-13(17-9-16-12)10-3-4-14-11(6-10)2-1-5-18-14/h3-4,6-7,9H,1-2,5,8,15H2. The molecule has 2 heterocycles. The summed E-state index contributed by atoms with van der Waals surface area (Å²) in [5.41, 5.74) is 9.72. The molecule has 0 atom stereocenters. The van der Waals surface area contributed by atoms with Crippen LogP contribution in [0.1, 0.15) is 17.7 Å². The van der Waals surface area contributed by atoms with Gasteiger partial charge in [-0.3, -0.25) is 0 Å². The summed E-state index contributed by atoms with van der Waals surface area (Å²) in [5.74, 6) is 0.998. The van der Waals surface area contributed by atoms with Crippen LogP contribution in [0.3, 0.4) is 0 Å². The first-order valence-electron chi connectivity index (χ1n) is 6.14. The molecule has 0 saturated heterocycles. The molecule has 0 spiro atoms. The summed E-state index contributed by atoms with van der Waals surface area (Å²) in [6.07, 6.45) is 3.71. The molecular weight excluding hydrogens is 226 g/mol. The van der Waals surface area contributed by atoms with Gasteiger partial charge < -0.3 is 10.5 Å². The van der Waals surface area contributed by atoms with Gasteiger partial charge in [0.2, 0.25) is 0 Å². The van der Waals surface area contributed by atoms with Crippen molar-refractivity contribution in [3.63, 3.8) is 0 Å². The molecule has 0 radical (unpaired) electrons. The van der Waals surface area contributed by atoms with Crippen LogP contribution in [-0.4, -0.2) is 16.6 Å². The van der Waals surface area contributed by atoms with Crippen LogP contribution in [0.15, 0.2) is 30.6 Å². The van der Waals surface area contributed by atoms with Crippen LogP contribution in [0.25, 0.3) is 11.3 Å². The summed E-state index contributed by atoms with van der Waals surface area (Å²) in [6.45, 7) is 1.25. The average molecular weight is 241 g/mol. The first kappa shape index (κ1) is 11.2. The fourth-order valence-electron chi connectivity index (χ4n) is 2.19. The van der Waals surface area contributed by atoms with Crippen molar-refractivity contribution in [2.75, 3.05) is 6.61 Å². The third-order valence-electron chi connectivity index (χ3n) is 3.14. The number of rotatable bonds is 2. The second-order valence-corrected chi connectivity index (χ2v) is 4.37. The van der Waals surface area contributed by atoms with Crippen LogP contribution >= 0.6 is 0 Å². The molecule has 1 aromatic heterocycles. The average Bonchev–Trinajstić information content (AvgIpc) is 2.47. The lowest BCUT2D eigenvalue weighted by Crippen LogP contribution is -2.08. The van der Waals surface area contributed by atoms with E-state index in [1.165, 1.54) is 5.56 Å². The Morgan fingerprint density at radius 2 is 2.17 bits per heavy atom. The topological polar surface area (TPSA) is 61.0 Å². The number of ether oxygens (including phenoxy) is 1. The number of aromatic nitrogens is 2. The molecule has 0 aliphatic carbocycles. The lowest BCUT2D eigenvalue weighted by molar-refractivity contribution is 0.288. The highest BCUT2D eigenvalue weighted by Gasteiger charge is 2.11. The van der Waals surface area contributed by atoms with Crippen molar-refractivity contribution in [2.24, 2.45) is 5.73 Å². The van der Waals surface area contributed by atoms with E-state index in [9.17, 15) is 0 Å². The lowest BCUT2D eigenvalue weighted by atomic mass is 10.0. The highest BCUT2D eigenvalue weighted by molar-refractivity contribution is 5.62. The predicted octanol–water partition coefficient (Wildman–Crippen LogP) is 1.93. The Labute approximate surface area is 106 Å². The monoisotopic (exact) mass is 241 g/mol. The van der Waals surface area contributed by atoms with Gasteiger partial charge in [0.1, 0.15) is 12.1 Å². The Bertz CT molecular complexity index is 569. The lowest BCUT2D eigenvalue weighted by Gasteiger charge is -2.17. The zero-order valence-electron chi connectivity index (χ0n) is 10.1. The van der Waals surface area contributed by atoms with Crippen molar-refractivity contribution in [2.45, 2.75) is 19.4 Å². The van der Waals surface area contributed by atoms with E-state index >= 15 is 0 Å². The van der Waals surface area contributed by atoms with Crippen molar-refractivity contribution in [1.82, 2.24) is 9.97 Å². The highest BCUT2D eigenvalue weighted by Crippen LogP contribution is 2.29. The molecule has 1 aliphatic rings. The Kier molecular flexibility index (Phi) is 2.94. The van der Waals surface area contributed by atoms with Gasteiger partial charge in [0, 0.05) is 12.1 Å². The Hall–Kier alpha value is -1.94. The molecule has 0 amide bonds. The number of nitrogens with zero attached hydrogens (tertiary/aromatic N) is 2. The van der Waals surface area contributed by atoms with Crippen LogP contribution in [0.5, 0.6) is 5.75 Å². The van der Waals surface area contributed by atoms with Crippen LogP contribution in [0.4, 0.5) is 0 Å². The molecule has 1 aromatic carbocycles. The summed E-state index contributed by atoms with van der Waals surface area (Å²) in [6, 6.07) is 8.14. The van der Waals surface area contributed by atoms with E-state index in [1.807, 2.05) is 18.2 Å². The molecule has 4 nitrogen and oxygen atoms in total. The number of benzene rings is 1.